The number of aryl methyl sites for hydroxylation is 1. The number of anilines is 2. The number of nitrogen functional groups attached to an aromatic ring is 1. The van der Waals surface area contributed by atoms with Crippen LogP contribution in [-0.4, -0.2) is 16.0 Å². The standard InChI is InChI=1S/C14H15N3O2/c1-9-2-7-12(18)14(16-9)17-13(19)8-10-3-5-11(15)6-4-10/h2-7,18H,8,15H2,1H3,(H,16,17,19). The molecule has 5 nitrogen and oxygen atoms in total. The topological polar surface area (TPSA) is 88.2 Å². The molecule has 2 aromatic rings. The number of benzene rings is 1. The first-order chi connectivity index (χ1) is 9.04. The molecule has 0 aliphatic carbocycles. The number of nitrogens with two attached hydrogens (primary N) is 1. The second-order valence-electron chi connectivity index (χ2n) is 4.29. The normalized spacial score (nSPS) is 10.2. The van der Waals surface area contributed by atoms with E-state index < -0.39 is 0 Å². The highest BCUT2D eigenvalue weighted by molar-refractivity contribution is 5.92. The number of hydrogen-bond acceptors (Lipinski definition) is 4. The number of pyridine rings is 1. The molecular formula is C14H15N3O2. The minimum atomic E-state index is -0.238. The molecule has 0 unspecified atom stereocenters. The third-order valence-electron chi connectivity index (χ3n) is 2.62. The van der Waals surface area contributed by atoms with Gasteiger partial charge in [0.1, 0.15) is 0 Å². The van der Waals surface area contributed by atoms with E-state index in [4.69, 9.17) is 5.73 Å². The van der Waals surface area contributed by atoms with E-state index in [1.54, 1.807) is 37.3 Å². The third-order valence-corrected chi connectivity index (χ3v) is 2.62. The van der Waals surface area contributed by atoms with Crippen LogP contribution in [-0.2, 0) is 11.2 Å². The first-order valence-corrected chi connectivity index (χ1v) is 5.85. The van der Waals surface area contributed by atoms with Crippen molar-refractivity contribution < 1.29 is 9.90 Å². The van der Waals surface area contributed by atoms with Crippen LogP contribution in [0.2, 0.25) is 0 Å². The summed E-state index contributed by atoms with van der Waals surface area (Å²) in [5, 5.41) is 12.2. The summed E-state index contributed by atoms with van der Waals surface area (Å²) in [5.41, 5.74) is 7.80. The van der Waals surface area contributed by atoms with E-state index >= 15 is 0 Å². The average molecular weight is 257 g/mol. The van der Waals surface area contributed by atoms with Gasteiger partial charge >= 0.3 is 0 Å². The molecule has 0 spiro atoms. The number of amides is 1. The van der Waals surface area contributed by atoms with Crippen molar-refractivity contribution in [1.82, 2.24) is 4.98 Å². The fourth-order valence-electron chi connectivity index (χ4n) is 1.64. The fourth-order valence-corrected chi connectivity index (χ4v) is 1.64. The lowest BCUT2D eigenvalue weighted by molar-refractivity contribution is -0.115. The Balaban J connectivity index is 2.05. The van der Waals surface area contributed by atoms with Crippen LogP contribution in [0.15, 0.2) is 36.4 Å². The third kappa shape index (κ3) is 3.45. The van der Waals surface area contributed by atoms with Crippen LogP contribution in [0.4, 0.5) is 11.5 Å². The molecule has 19 heavy (non-hydrogen) atoms. The van der Waals surface area contributed by atoms with Gasteiger partial charge in [-0.2, -0.15) is 0 Å². The summed E-state index contributed by atoms with van der Waals surface area (Å²) in [7, 11) is 0. The number of carbonyl (C=O) groups is 1. The fraction of sp³-hybridized carbons (Fsp3) is 0.143. The van der Waals surface area contributed by atoms with Crippen molar-refractivity contribution in [3.63, 3.8) is 0 Å². The number of aromatic hydroxyl groups is 1. The molecule has 1 aromatic heterocycles. The van der Waals surface area contributed by atoms with E-state index in [-0.39, 0.29) is 23.9 Å². The first-order valence-electron chi connectivity index (χ1n) is 5.85. The Labute approximate surface area is 111 Å². The molecule has 0 aliphatic rings. The van der Waals surface area contributed by atoms with Crippen molar-refractivity contribution in [1.29, 1.82) is 0 Å². The van der Waals surface area contributed by atoms with Crippen molar-refractivity contribution >= 4 is 17.4 Å². The Hall–Kier alpha value is -2.56. The molecule has 4 N–H and O–H groups in total. The lowest BCUT2D eigenvalue weighted by Crippen LogP contribution is -2.15. The highest BCUT2D eigenvalue weighted by Gasteiger charge is 2.08. The number of rotatable bonds is 3. The monoisotopic (exact) mass is 257 g/mol. The van der Waals surface area contributed by atoms with Gasteiger partial charge in [0, 0.05) is 11.4 Å². The molecule has 0 saturated heterocycles. The molecule has 98 valence electrons. The zero-order chi connectivity index (χ0) is 13.8. The molecule has 1 heterocycles. The van der Waals surface area contributed by atoms with E-state index in [0.29, 0.717) is 5.69 Å². The largest absolute Gasteiger partial charge is 0.504 e. The van der Waals surface area contributed by atoms with Crippen molar-refractivity contribution in [2.75, 3.05) is 11.1 Å². The van der Waals surface area contributed by atoms with Crippen LogP contribution in [0.3, 0.4) is 0 Å². The molecule has 1 aromatic carbocycles. The molecule has 0 fully saturated rings. The number of nitrogens with zero attached hydrogens (tertiary/aromatic N) is 1. The number of aromatic nitrogens is 1. The maximum absolute atomic E-state index is 11.8. The summed E-state index contributed by atoms with van der Waals surface area (Å²) in [5.74, 6) is -0.102. The van der Waals surface area contributed by atoms with Crippen molar-refractivity contribution in [3.8, 4) is 5.75 Å². The van der Waals surface area contributed by atoms with Crippen LogP contribution in [0, 0.1) is 6.92 Å². The predicted molar refractivity (Wildman–Crippen MR) is 73.8 cm³/mol. The van der Waals surface area contributed by atoms with Gasteiger partial charge < -0.3 is 16.2 Å². The molecule has 0 radical (unpaired) electrons. The second-order valence-corrected chi connectivity index (χ2v) is 4.29. The number of nitrogens with one attached hydrogen (secondary N) is 1. The molecular weight excluding hydrogens is 242 g/mol. The minimum Gasteiger partial charge on any atom is -0.504 e. The van der Waals surface area contributed by atoms with Gasteiger partial charge in [-0.3, -0.25) is 4.79 Å². The van der Waals surface area contributed by atoms with Gasteiger partial charge in [0.2, 0.25) is 5.91 Å². The molecule has 0 saturated carbocycles. The highest BCUT2D eigenvalue weighted by atomic mass is 16.3. The van der Waals surface area contributed by atoms with Gasteiger partial charge in [-0.15, -0.1) is 0 Å². The lowest BCUT2D eigenvalue weighted by Gasteiger charge is -2.07. The molecule has 2 rings (SSSR count). The summed E-state index contributed by atoms with van der Waals surface area (Å²) in [6, 6.07) is 10.2. The van der Waals surface area contributed by atoms with E-state index in [2.05, 4.69) is 10.3 Å². The number of carbonyl (C=O) groups excluding carboxylic acids is 1. The SMILES string of the molecule is Cc1ccc(O)c(NC(=O)Cc2ccc(N)cc2)n1. The van der Waals surface area contributed by atoms with E-state index in [9.17, 15) is 9.90 Å². The zero-order valence-corrected chi connectivity index (χ0v) is 10.6. The van der Waals surface area contributed by atoms with Gasteiger partial charge in [-0.05, 0) is 36.8 Å². The maximum atomic E-state index is 11.8. The summed E-state index contributed by atoms with van der Waals surface area (Å²) >= 11 is 0. The van der Waals surface area contributed by atoms with Crippen molar-refractivity contribution in [3.05, 3.63) is 47.7 Å². The summed E-state index contributed by atoms with van der Waals surface area (Å²) in [6.07, 6.45) is 0.204. The average Bonchev–Trinajstić information content (AvgIpc) is 2.37. The highest BCUT2D eigenvalue weighted by Crippen LogP contribution is 2.20. The van der Waals surface area contributed by atoms with Crippen molar-refractivity contribution in [2.45, 2.75) is 13.3 Å². The lowest BCUT2D eigenvalue weighted by atomic mass is 10.1. The molecule has 1 amide bonds. The molecule has 0 aliphatic heterocycles. The summed E-state index contributed by atoms with van der Waals surface area (Å²) in [4.78, 5) is 15.9. The van der Waals surface area contributed by atoms with Crippen LogP contribution >= 0.6 is 0 Å². The zero-order valence-electron chi connectivity index (χ0n) is 10.6. The van der Waals surface area contributed by atoms with E-state index in [0.717, 1.165) is 11.3 Å². The van der Waals surface area contributed by atoms with Crippen LogP contribution in [0.1, 0.15) is 11.3 Å². The Morgan fingerprint density at radius 3 is 2.63 bits per heavy atom. The quantitative estimate of drug-likeness (QED) is 0.732. The molecule has 5 heteroatoms. The summed E-state index contributed by atoms with van der Waals surface area (Å²) in [6.45, 7) is 1.79. The Morgan fingerprint density at radius 2 is 1.95 bits per heavy atom. The minimum absolute atomic E-state index is 0.0451. The van der Waals surface area contributed by atoms with Gasteiger partial charge in [-0.1, -0.05) is 12.1 Å². The van der Waals surface area contributed by atoms with E-state index in [1.807, 2.05) is 0 Å². The Kier molecular flexibility index (Phi) is 3.66. The van der Waals surface area contributed by atoms with Crippen LogP contribution < -0.4 is 11.1 Å². The Bertz CT molecular complexity index is 594. The predicted octanol–water partition coefficient (Wildman–Crippen LogP) is 1.86. The Morgan fingerprint density at radius 1 is 1.26 bits per heavy atom. The molecule has 0 atom stereocenters. The van der Waals surface area contributed by atoms with Crippen molar-refractivity contribution in [2.24, 2.45) is 0 Å². The van der Waals surface area contributed by atoms with Crippen LogP contribution in [0.25, 0.3) is 0 Å². The first kappa shape index (κ1) is 12.9. The smallest absolute Gasteiger partial charge is 0.230 e. The second kappa shape index (κ2) is 5.39. The van der Waals surface area contributed by atoms with Crippen LogP contribution in [0.5, 0.6) is 5.75 Å². The van der Waals surface area contributed by atoms with Gasteiger partial charge in [0.05, 0.1) is 6.42 Å². The van der Waals surface area contributed by atoms with Gasteiger partial charge in [0.15, 0.2) is 11.6 Å². The number of hydrogen-bond donors (Lipinski definition) is 3. The summed E-state index contributed by atoms with van der Waals surface area (Å²) < 4.78 is 0. The van der Waals surface area contributed by atoms with E-state index in [1.165, 1.54) is 6.07 Å². The van der Waals surface area contributed by atoms with Gasteiger partial charge in [0.25, 0.3) is 0 Å². The maximum Gasteiger partial charge on any atom is 0.230 e. The van der Waals surface area contributed by atoms with Gasteiger partial charge in [-0.25, -0.2) is 4.98 Å². The molecule has 0 bridgehead atoms.